The van der Waals surface area contributed by atoms with E-state index in [1.807, 2.05) is 6.92 Å². The summed E-state index contributed by atoms with van der Waals surface area (Å²) in [6, 6.07) is 0. The van der Waals surface area contributed by atoms with Gasteiger partial charge in [-0.2, -0.15) is 11.8 Å². The maximum Gasteiger partial charge on any atom is 0.335 e. The molecule has 1 heterocycles. The van der Waals surface area contributed by atoms with Crippen molar-refractivity contribution < 1.29 is 24.2 Å². The Kier molecular flexibility index (Phi) is 9.55. The van der Waals surface area contributed by atoms with E-state index < -0.39 is 12.1 Å². The molecule has 1 fully saturated rings. The van der Waals surface area contributed by atoms with Gasteiger partial charge in [0.2, 0.25) is 0 Å². The van der Waals surface area contributed by atoms with E-state index in [4.69, 9.17) is 4.74 Å². The maximum atomic E-state index is 12.0. The van der Waals surface area contributed by atoms with Crippen LogP contribution in [0.5, 0.6) is 0 Å². The van der Waals surface area contributed by atoms with Crippen molar-refractivity contribution >= 4 is 23.7 Å². The van der Waals surface area contributed by atoms with Crippen molar-refractivity contribution in [3.8, 4) is 0 Å². The first kappa shape index (κ1) is 19.3. The summed E-state index contributed by atoms with van der Waals surface area (Å²) in [7, 11) is 1.25. The van der Waals surface area contributed by atoms with E-state index in [1.165, 1.54) is 38.1 Å². The van der Waals surface area contributed by atoms with E-state index in [0.717, 1.165) is 25.7 Å². The number of methoxy groups -OCH3 is 1. The highest BCUT2D eigenvalue weighted by molar-refractivity contribution is 8.00. The van der Waals surface area contributed by atoms with Gasteiger partial charge in [0.25, 0.3) is 0 Å². The first-order valence-corrected chi connectivity index (χ1v) is 9.14. The largest absolute Gasteiger partial charge is 0.467 e. The Morgan fingerprint density at radius 1 is 1.32 bits per heavy atom. The lowest BCUT2D eigenvalue weighted by molar-refractivity contribution is -0.149. The van der Waals surface area contributed by atoms with Crippen LogP contribution in [0.15, 0.2) is 0 Å². The second-order valence-electron chi connectivity index (χ2n) is 5.84. The molecule has 128 valence electrons. The average molecular weight is 332 g/mol. The molecule has 1 saturated heterocycles. The molecule has 1 N–H and O–H groups in total. The average Bonchev–Trinajstić information content (AvgIpc) is 2.48. The monoisotopic (exact) mass is 332 g/mol. The first-order valence-electron chi connectivity index (χ1n) is 8.10. The van der Waals surface area contributed by atoms with Gasteiger partial charge in [-0.15, -0.1) is 0 Å². The molecule has 1 aliphatic heterocycles. The lowest BCUT2D eigenvalue weighted by Crippen LogP contribution is -2.26. The van der Waals surface area contributed by atoms with Crippen LogP contribution in [0.3, 0.4) is 0 Å². The number of aliphatic hydroxyl groups excluding tert-OH is 1. The summed E-state index contributed by atoms with van der Waals surface area (Å²) >= 11 is 1.45. The van der Waals surface area contributed by atoms with Crippen LogP contribution in [0.4, 0.5) is 0 Å². The summed E-state index contributed by atoms with van der Waals surface area (Å²) < 4.78 is 9.93. The Bertz CT molecular complexity index is 347. The van der Waals surface area contributed by atoms with Gasteiger partial charge in [-0.3, -0.25) is 4.79 Å². The zero-order valence-electron chi connectivity index (χ0n) is 13.6. The van der Waals surface area contributed by atoms with Gasteiger partial charge in [-0.25, -0.2) is 4.79 Å². The first-order chi connectivity index (χ1) is 10.5. The fraction of sp³-hybridized carbons (Fsp3) is 0.875. The van der Waals surface area contributed by atoms with Crippen LogP contribution in [-0.2, 0) is 19.1 Å². The molecule has 6 heteroatoms. The van der Waals surface area contributed by atoms with Gasteiger partial charge in [0.1, 0.15) is 0 Å². The summed E-state index contributed by atoms with van der Waals surface area (Å²) in [5.74, 6) is -0.560. The Morgan fingerprint density at radius 3 is 2.64 bits per heavy atom. The maximum absolute atomic E-state index is 12.0. The van der Waals surface area contributed by atoms with Crippen LogP contribution >= 0.6 is 11.8 Å². The molecule has 1 rings (SSSR count). The van der Waals surface area contributed by atoms with Crippen molar-refractivity contribution in [3.05, 3.63) is 0 Å². The molecular weight excluding hydrogens is 304 g/mol. The molecule has 22 heavy (non-hydrogen) atoms. The lowest BCUT2D eigenvalue weighted by atomic mass is 10.0. The van der Waals surface area contributed by atoms with Crippen LogP contribution in [-0.4, -0.2) is 47.4 Å². The molecule has 0 bridgehead atoms. The SMILES string of the molecule is COC(=O)[C@H](O)CS[C@@H]1CCCCCCC[C@@H](C)OC(=O)C1. The molecule has 5 nitrogen and oxygen atoms in total. The topological polar surface area (TPSA) is 72.8 Å². The van der Waals surface area contributed by atoms with E-state index in [1.54, 1.807) is 0 Å². The van der Waals surface area contributed by atoms with Crippen LogP contribution < -0.4 is 0 Å². The summed E-state index contributed by atoms with van der Waals surface area (Å²) in [4.78, 5) is 23.2. The molecule has 0 spiro atoms. The third-order valence-electron chi connectivity index (χ3n) is 3.83. The molecule has 0 aliphatic carbocycles. The van der Waals surface area contributed by atoms with Gasteiger partial charge in [-0.1, -0.05) is 25.7 Å². The highest BCUT2D eigenvalue weighted by atomic mass is 32.2. The minimum Gasteiger partial charge on any atom is -0.467 e. The predicted octanol–water partition coefficient (Wildman–Crippen LogP) is 2.69. The van der Waals surface area contributed by atoms with E-state index in [9.17, 15) is 14.7 Å². The number of esters is 2. The van der Waals surface area contributed by atoms with E-state index >= 15 is 0 Å². The summed E-state index contributed by atoms with van der Waals surface area (Å²) in [6.45, 7) is 1.94. The van der Waals surface area contributed by atoms with Crippen molar-refractivity contribution in [2.45, 2.75) is 75.7 Å². The van der Waals surface area contributed by atoms with E-state index in [-0.39, 0.29) is 23.1 Å². The number of thioether (sulfide) groups is 1. The molecule has 0 aromatic heterocycles. The molecule has 0 aromatic rings. The number of rotatable bonds is 4. The van der Waals surface area contributed by atoms with E-state index in [2.05, 4.69) is 4.74 Å². The van der Waals surface area contributed by atoms with Gasteiger partial charge in [-0.05, 0) is 26.2 Å². The number of ether oxygens (including phenoxy) is 2. The highest BCUT2D eigenvalue weighted by Crippen LogP contribution is 2.24. The summed E-state index contributed by atoms with van der Waals surface area (Å²) in [5.41, 5.74) is 0. The van der Waals surface area contributed by atoms with Crippen LogP contribution in [0, 0.1) is 0 Å². The Labute approximate surface area is 137 Å². The van der Waals surface area contributed by atoms with Gasteiger partial charge in [0.05, 0.1) is 19.6 Å². The molecule has 0 saturated carbocycles. The fourth-order valence-corrected chi connectivity index (χ4v) is 3.70. The number of hydrogen-bond acceptors (Lipinski definition) is 6. The molecule has 3 atom stereocenters. The molecular formula is C16H28O5S. The van der Waals surface area contributed by atoms with Crippen molar-refractivity contribution in [3.63, 3.8) is 0 Å². The molecule has 1 aliphatic rings. The van der Waals surface area contributed by atoms with Gasteiger partial charge < -0.3 is 14.6 Å². The van der Waals surface area contributed by atoms with Crippen LogP contribution in [0.25, 0.3) is 0 Å². The highest BCUT2D eigenvalue weighted by Gasteiger charge is 2.22. The lowest BCUT2D eigenvalue weighted by Gasteiger charge is -2.20. The van der Waals surface area contributed by atoms with Crippen molar-refractivity contribution in [2.24, 2.45) is 0 Å². The second kappa shape index (κ2) is 10.9. The fourth-order valence-electron chi connectivity index (χ4n) is 2.53. The minimum absolute atomic E-state index is 0.0294. The molecule has 0 radical (unpaired) electrons. The number of hydrogen-bond donors (Lipinski definition) is 1. The van der Waals surface area contributed by atoms with E-state index in [0.29, 0.717) is 6.42 Å². The molecule has 0 aromatic carbocycles. The second-order valence-corrected chi connectivity index (χ2v) is 7.18. The number of cyclic esters (lactones) is 1. The molecule has 0 amide bonds. The van der Waals surface area contributed by atoms with Gasteiger partial charge in [0, 0.05) is 11.0 Å². The van der Waals surface area contributed by atoms with Crippen LogP contribution in [0.1, 0.15) is 58.3 Å². The van der Waals surface area contributed by atoms with Crippen molar-refractivity contribution in [1.29, 1.82) is 0 Å². The standard InChI is InChI=1S/C16H28O5S/c1-12-8-6-4-3-5-7-9-13(10-15(18)21-12)22-11-14(17)16(19)20-2/h12-14,17H,3-11H2,1-2H3/t12-,13-,14-/m1/s1. The quantitative estimate of drug-likeness (QED) is 0.798. The van der Waals surface area contributed by atoms with Gasteiger partial charge >= 0.3 is 11.9 Å². The Morgan fingerprint density at radius 2 is 1.95 bits per heavy atom. The van der Waals surface area contributed by atoms with Gasteiger partial charge in [0.15, 0.2) is 6.10 Å². The minimum atomic E-state index is -1.13. The number of aliphatic hydroxyl groups is 1. The predicted molar refractivity (Wildman–Crippen MR) is 86.8 cm³/mol. The summed E-state index contributed by atoms with van der Waals surface area (Å²) in [6.07, 6.45) is 6.73. The number of carbonyl (C=O) groups is 2. The molecule has 0 unspecified atom stereocenters. The zero-order valence-corrected chi connectivity index (χ0v) is 14.4. The normalized spacial score (nSPS) is 26.2. The Hall–Kier alpha value is -0.750. The zero-order chi connectivity index (χ0) is 16.4. The summed E-state index contributed by atoms with van der Waals surface area (Å²) in [5, 5.41) is 9.74. The van der Waals surface area contributed by atoms with Crippen molar-refractivity contribution in [2.75, 3.05) is 12.9 Å². The Balaban J connectivity index is 2.49. The third-order valence-corrected chi connectivity index (χ3v) is 5.21. The smallest absolute Gasteiger partial charge is 0.335 e. The van der Waals surface area contributed by atoms with Crippen molar-refractivity contribution in [1.82, 2.24) is 0 Å². The third kappa shape index (κ3) is 8.03. The number of carbonyl (C=O) groups excluding carboxylic acids is 2. The van der Waals surface area contributed by atoms with Crippen LogP contribution in [0.2, 0.25) is 0 Å².